The third-order valence-corrected chi connectivity index (χ3v) is 4.72. The molecular formula is C15H20BrClN2O2. The van der Waals surface area contributed by atoms with Gasteiger partial charge in [-0.3, -0.25) is 4.79 Å². The Morgan fingerprint density at radius 1 is 1.48 bits per heavy atom. The predicted molar refractivity (Wildman–Crippen MR) is 87.7 cm³/mol. The molecule has 1 aromatic carbocycles. The first-order valence-corrected chi connectivity index (χ1v) is 7.88. The van der Waals surface area contributed by atoms with Crippen molar-refractivity contribution in [3.63, 3.8) is 0 Å². The van der Waals surface area contributed by atoms with Gasteiger partial charge >= 0.3 is 0 Å². The van der Waals surface area contributed by atoms with Gasteiger partial charge in [0, 0.05) is 36.6 Å². The standard InChI is InChI=1S/C15H19BrN2O2.ClH/c16-14-3-1-2-11-9-18(6-4-13(11)14)15(19)8-12-10-20-7-5-17-12;/h1-3,12,17H,4-10H2;1H. The van der Waals surface area contributed by atoms with Crippen LogP contribution >= 0.6 is 28.3 Å². The van der Waals surface area contributed by atoms with Crippen molar-refractivity contribution in [2.75, 3.05) is 26.3 Å². The largest absolute Gasteiger partial charge is 0.378 e. The minimum atomic E-state index is 0. The molecule has 6 heteroatoms. The maximum atomic E-state index is 12.4. The van der Waals surface area contributed by atoms with Crippen LogP contribution in [0.1, 0.15) is 17.5 Å². The second-order valence-electron chi connectivity index (χ2n) is 5.37. The molecule has 0 aliphatic carbocycles. The van der Waals surface area contributed by atoms with Gasteiger partial charge in [-0.1, -0.05) is 28.1 Å². The highest BCUT2D eigenvalue weighted by Crippen LogP contribution is 2.26. The zero-order valence-electron chi connectivity index (χ0n) is 11.8. The minimum Gasteiger partial charge on any atom is -0.378 e. The fraction of sp³-hybridized carbons (Fsp3) is 0.533. The van der Waals surface area contributed by atoms with E-state index in [1.54, 1.807) is 0 Å². The van der Waals surface area contributed by atoms with E-state index in [1.807, 2.05) is 11.0 Å². The van der Waals surface area contributed by atoms with Crippen LogP contribution < -0.4 is 5.32 Å². The highest BCUT2D eigenvalue weighted by Gasteiger charge is 2.25. The fourth-order valence-electron chi connectivity index (χ4n) is 2.87. The summed E-state index contributed by atoms with van der Waals surface area (Å²) in [7, 11) is 0. The Hall–Kier alpha value is -0.620. The van der Waals surface area contributed by atoms with E-state index in [1.165, 1.54) is 11.1 Å². The third-order valence-electron chi connectivity index (χ3n) is 3.98. The summed E-state index contributed by atoms with van der Waals surface area (Å²) in [6.45, 7) is 3.76. The van der Waals surface area contributed by atoms with Gasteiger partial charge in [-0.2, -0.15) is 0 Å². The van der Waals surface area contributed by atoms with Crippen molar-refractivity contribution in [3.05, 3.63) is 33.8 Å². The number of carbonyl (C=O) groups is 1. The first kappa shape index (κ1) is 16.7. The van der Waals surface area contributed by atoms with E-state index >= 15 is 0 Å². The zero-order valence-corrected chi connectivity index (χ0v) is 14.2. The van der Waals surface area contributed by atoms with Crippen molar-refractivity contribution >= 4 is 34.2 Å². The summed E-state index contributed by atoms with van der Waals surface area (Å²) in [5.74, 6) is 0.221. The molecule has 0 spiro atoms. The number of hydrogen-bond donors (Lipinski definition) is 1. The van der Waals surface area contributed by atoms with Crippen molar-refractivity contribution in [1.82, 2.24) is 10.2 Å². The smallest absolute Gasteiger partial charge is 0.224 e. The number of amides is 1. The first-order chi connectivity index (χ1) is 9.74. The second-order valence-corrected chi connectivity index (χ2v) is 6.23. The van der Waals surface area contributed by atoms with Gasteiger partial charge in [-0.25, -0.2) is 0 Å². The molecule has 2 heterocycles. The fourth-order valence-corrected chi connectivity index (χ4v) is 3.47. The topological polar surface area (TPSA) is 41.6 Å². The average molecular weight is 376 g/mol. The van der Waals surface area contributed by atoms with E-state index < -0.39 is 0 Å². The number of carbonyl (C=O) groups excluding carboxylic acids is 1. The Balaban J connectivity index is 0.00000161. The maximum absolute atomic E-state index is 12.4. The number of benzene rings is 1. The number of morpholine rings is 1. The number of nitrogens with zero attached hydrogens (tertiary/aromatic N) is 1. The van der Waals surface area contributed by atoms with Crippen LogP contribution in [0.25, 0.3) is 0 Å². The van der Waals surface area contributed by atoms with E-state index in [0.29, 0.717) is 13.0 Å². The summed E-state index contributed by atoms with van der Waals surface area (Å²) in [5, 5.41) is 3.34. The summed E-state index contributed by atoms with van der Waals surface area (Å²) in [6, 6.07) is 6.38. The predicted octanol–water partition coefficient (Wildman–Crippen LogP) is 2.13. The zero-order chi connectivity index (χ0) is 13.9. The molecule has 116 valence electrons. The molecule has 1 amide bonds. The number of halogens is 2. The molecular weight excluding hydrogens is 356 g/mol. The Labute approximate surface area is 139 Å². The lowest BCUT2D eigenvalue weighted by atomic mass is 9.99. The Kier molecular flexibility index (Phi) is 6.05. The van der Waals surface area contributed by atoms with Crippen molar-refractivity contribution in [2.24, 2.45) is 0 Å². The van der Waals surface area contributed by atoms with Crippen molar-refractivity contribution in [1.29, 1.82) is 0 Å². The normalized spacial score (nSPS) is 21.4. The van der Waals surface area contributed by atoms with Crippen LogP contribution in [-0.2, 0) is 22.5 Å². The van der Waals surface area contributed by atoms with E-state index in [0.717, 1.165) is 37.1 Å². The molecule has 2 aliphatic heterocycles. The van der Waals surface area contributed by atoms with Crippen LogP contribution in [0.2, 0.25) is 0 Å². The van der Waals surface area contributed by atoms with Gasteiger partial charge in [-0.15, -0.1) is 12.4 Å². The van der Waals surface area contributed by atoms with Crippen LogP contribution in [0.4, 0.5) is 0 Å². The Morgan fingerprint density at radius 2 is 2.33 bits per heavy atom. The monoisotopic (exact) mass is 374 g/mol. The number of hydrogen-bond acceptors (Lipinski definition) is 3. The van der Waals surface area contributed by atoms with Gasteiger partial charge in [-0.05, 0) is 23.6 Å². The van der Waals surface area contributed by atoms with Gasteiger partial charge in [0.1, 0.15) is 0 Å². The lowest BCUT2D eigenvalue weighted by molar-refractivity contribution is -0.133. The SMILES string of the molecule is Cl.O=C(CC1COCCN1)N1CCc2c(Br)cccc2C1. The molecule has 1 fully saturated rings. The third kappa shape index (κ3) is 3.97. The molecule has 0 aromatic heterocycles. The summed E-state index contributed by atoms with van der Waals surface area (Å²) < 4.78 is 6.56. The molecule has 21 heavy (non-hydrogen) atoms. The molecule has 0 bridgehead atoms. The molecule has 1 N–H and O–H groups in total. The van der Waals surface area contributed by atoms with Crippen LogP contribution in [0, 0.1) is 0 Å². The van der Waals surface area contributed by atoms with Crippen LogP contribution in [0.15, 0.2) is 22.7 Å². The number of ether oxygens (including phenoxy) is 1. The van der Waals surface area contributed by atoms with Gasteiger partial charge < -0.3 is 15.0 Å². The molecule has 2 aliphatic rings. The molecule has 3 rings (SSSR count). The summed E-state index contributed by atoms with van der Waals surface area (Å²) in [6.07, 6.45) is 1.46. The molecule has 1 aromatic rings. The molecule has 4 nitrogen and oxygen atoms in total. The average Bonchev–Trinajstić information content (AvgIpc) is 2.48. The Morgan fingerprint density at radius 3 is 3.10 bits per heavy atom. The maximum Gasteiger partial charge on any atom is 0.224 e. The minimum absolute atomic E-state index is 0. The molecule has 1 unspecified atom stereocenters. The molecule has 1 saturated heterocycles. The Bertz CT molecular complexity index is 506. The van der Waals surface area contributed by atoms with Crippen LogP contribution in [0.3, 0.4) is 0 Å². The van der Waals surface area contributed by atoms with E-state index in [2.05, 4.69) is 33.4 Å². The number of nitrogens with one attached hydrogen (secondary N) is 1. The van der Waals surface area contributed by atoms with Crippen LogP contribution in [-0.4, -0.2) is 43.2 Å². The van der Waals surface area contributed by atoms with Crippen molar-refractivity contribution < 1.29 is 9.53 Å². The van der Waals surface area contributed by atoms with Crippen LogP contribution in [0.5, 0.6) is 0 Å². The lowest BCUT2D eigenvalue weighted by Crippen LogP contribution is -2.46. The highest BCUT2D eigenvalue weighted by atomic mass is 79.9. The van der Waals surface area contributed by atoms with Gasteiger partial charge in [0.15, 0.2) is 0 Å². The van der Waals surface area contributed by atoms with Crippen molar-refractivity contribution in [2.45, 2.75) is 25.4 Å². The lowest BCUT2D eigenvalue weighted by Gasteiger charge is -2.31. The number of rotatable bonds is 2. The molecule has 0 radical (unpaired) electrons. The van der Waals surface area contributed by atoms with E-state index in [9.17, 15) is 4.79 Å². The van der Waals surface area contributed by atoms with E-state index in [4.69, 9.17) is 4.74 Å². The highest BCUT2D eigenvalue weighted by molar-refractivity contribution is 9.10. The van der Waals surface area contributed by atoms with E-state index in [-0.39, 0.29) is 24.4 Å². The molecule has 0 saturated carbocycles. The summed E-state index contributed by atoms with van der Waals surface area (Å²) >= 11 is 3.59. The second kappa shape index (κ2) is 7.58. The summed E-state index contributed by atoms with van der Waals surface area (Å²) in [5.41, 5.74) is 2.60. The van der Waals surface area contributed by atoms with Crippen molar-refractivity contribution in [3.8, 4) is 0 Å². The van der Waals surface area contributed by atoms with Gasteiger partial charge in [0.2, 0.25) is 5.91 Å². The summed E-state index contributed by atoms with van der Waals surface area (Å²) in [4.78, 5) is 14.3. The van der Waals surface area contributed by atoms with Gasteiger partial charge in [0.25, 0.3) is 0 Å². The quantitative estimate of drug-likeness (QED) is 0.861. The molecule has 1 atom stereocenters. The number of fused-ring (bicyclic) bond motifs is 1. The first-order valence-electron chi connectivity index (χ1n) is 7.09. The van der Waals surface area contributed by atoms with Gasteiger partial charge in [0.05, 0.1) is 13.2 Å².